The van der Waals surface area contributed by atoms with Gasteiger partial charge in [-0.2, -0.15) is 0 Å². The number of nitrogens with one attached hydrogen (secondary N) is 1. The first-order valence-corrected chi connectivity index (χ1v) is 11.0. The molecular weight excluding hydrogens is 449 g/mol. The van der Waals surface area contributed by atoms with Crippen LogP contribution >= 0.6 is 11.8 Å². The van der Waals surface area contributed by atoms with E-state index in [0.29, 0.717) is 16.5 Å². The van der Waals surface area contributed by atoms with Gasteiger partial charge < -0.3 is 5.32 Å². The Bertz CT molecular complexity index is 1260. The number of benzene rings is 3. The van der Waals surface area contributed by atoms with Gasteiger partial charge in [0, 0.05) is 22.9 Å². The van der Waals surface area contributed by atoms with E-state index in [4.69, 9.17) is 0 Å². The molecule has 0 aliphatic heterocycles. The van der Waals surface area contributed by atoms with Gasteiger partial charge in [0.1, 0.15) is 17.5 Å². The largest absolute Gasteiger partial charge is 0.349 e. The van der Waals surface area contributed by atoms with Crippen LogP contribution in [0.4, 0.5) is 13.2 Å². The summed E-state index contributed by atoms with van der Waals surface area (Å²) in [4.78, 5) is 12.5. The smallest absolute Gasteiger partial charge is 0.230 e. The lowest BCUT2D eigenvalue weighted by molar-refractivity contribution is -0.119. The maximum Gasteiger partial charge on any atom is 0.230 e. The molecule has 0 saturated carbocycles. The molecule has 168 valence electrons. The number of halogens is 3. The summed E-state index contributed by atoms with van der Waals surface area (Å²) in [6, 6.07) is 17.9. The van der Waals surface area contributed by atoms with Gasteiger partial charge in [-0.15, -0.1) is 10.2 Å². The molecule has 0 fully saturated rings. The minimum Gasteiger partial charge on any atom is -0.349 e. The first-order chi connectivity index (χ1) is 15.9. The van der Waals surface area contributed by atoms with Crippen LogP contribution in [-0.4, -0.2) is 26.4 Å². The molecule has 0 spiro atoms. The lowest BCUT2D eigenvalue weighted by Crippen LogP contribution is -2.28. The van der Waals surface area contributed by atoms with Gasteiger partial charge in [-0.3, -0.25) is 9.36 Å². The number of amides is 1. The summed E-state index contributed by atoms with van der Waals surface area (Å²) in [7, 11) is 0. The maximum absolute atomic E-state index is 14.0. The van der Waals surface area contributed by atoms with Crippen molar-refractivity contribution in [1.29, 1.82) is 0 Å². The molecule has 1 amide bonds. The fourth-order valence-corrected chi connectivity index (χ4v) is 4.07. The standard InChI is InChI=1S/C24H19F3N4OS/c1-15(20-12-11-18(26)13-21(20)27)28-22(32)14-33-24-30-29-23(16-7-9-17(25)10-8-16)31(24)19-5-3-2-4-6-19/h2-13,15H,14H2,1H3,(H,28,32). The van der Waals surface area contributed by atoms with Crippen molar-refractivity contribution in [2.24, 2.45) is 0 Å². The van der Waals surface area contributed by atoms with Gasteiger partial charge in [-0.05, 0) is 49.4 Å². The predicted molar refractivity (Wildman–Crippen MR) is 120 cm³/mol. The summed E-state index contributed by atoms with van der Waals surface area (Å²) >= 11 is 1.16. The quantitative estimate of drug-likeness (QED) is 0.373. The molecule has 1 unspecified atom stereocenters. The fourth-order valence-electron chi connectivity index (χ4n) is 3.30. The molecule has 1 aromatic heterocycles. The van der Waals surface area contributed by atoms with E-state index in [1.165, 1.54) is 18.2 Å². The summed E-state index contributed by atoms with van der Waals surface area (Å²) in [5.41, 5.74) is 1.65. The van der Waals surface area contributed by atoms with Crippen molar-refractivity contribution in [3.8, 4) is 17.1 Å². The Hall–Kier alpha value is -3.59. The second-order valence-electron chi connectivity index (χ2n) is 7.23. The molecule has 0 bridgehead atoms. The van der Waals surface area contributed by atoms with Crippen LogP contribution in [0.1, 0.15) is 18.5 Å². The Balaban J connectivity index is 1.53. The molecule has 9 heteroatoms. The van der Waals surface area contributed by atoms with Crippen LogP contribution < -0.4 is 5.32 Å². The van der Waals surface area contributed by atoms with Crippen LogP contribution in [0.5, 0.6) is 0 Å². The van der Waals surface area contributed by atoms with Crippen molar-refractivity contribution in [3.05, 3.63) is 95.8 Å². The van der Waals surface area contributed by atoms with E-state index in [-0.39, 0.29) is 23.0 Å². The second-order valence-corrected chi connectivity index (χ2v) is 8.17. The highest BCUT2D eigenvalue weighted by Gasteiger charge is 2.19. The summed E-state index contributed by atoms with van der Waals surface area (Å²) in [5.74, 6) is -1.59. The molecule has 33 heavy (non-hydrogen) atoms. The van der Waals surface area contributed by atoms with Crippen molar-refractivity contribution in [3.63, 3.8) is 0 Å². The zero-order chi connectivity index (χ0) is 23.4. The van der Waals surface area contributed by atoms with E-state index < -0.39 is 17.7 Å². The van der Waals surface area contributed by atoms with Crippen LogP contribution in [0.2, 0.25) is 0 Å². The highest BCUT2D eigenvalue weighted by atomic mass is 32.2. The third-order valence-electron chi connectivity index (χ3n) is 4.89. The summed E-state index contributed by atoms with van der Waals surface area (Å²) in [6.07, 6.45) is 0. The topological polar surface area (TPSA) is 59.8 Å². The Kier molecular flexibility index (Phi) is 6.79. The molecule has 1 heterocycles. The van der Waals surface area contributed by atoms with E-state index in [1.54, 1.807) is 23.6 Å². The lowest BCUT2D eigenvalue weighted by Gasteiger charge is -2.15. The number of hydrogen-bond donors (Lipinski definition) is 1. The highest BCUT2D eigenvalue weighted by Crippen LogP contribution is 2.28. The minimum atomic E-state index is -0.719. The monoisotopic (exact) mass is 468 g/mol. The Morgan fingerprint density at radius 3 is 2.36 bits per heavy atom. The molecule has 4 aromatic rings. The zero-order valence-corrected chi connectivity index (χ0v) is 18.3. The molecule has 5 nitrogen and oxygen atoms in total. The average molecular weight is 469 g/mol. The summed E-state index contributed by atoms with van der Waals surface area (Å²) < 4.78 is 42.3. The van der Waals surface area contributed by atoms with E-state index in [0.717, 1.165) is 29.6 Å². The Morgan fingerprint density at radius 1 is 0.970 bits per heavy atom. The molecule has 0 aliphatic carbocycles. The number of thioether (sulfide) groups is 1. The third kappa shape index (κ3) is 5.25. The first-order valence-electron chi connectivity index (χ1n) is 10.1. The van der Waals surface area contributed by atoms with Crippen LogP contribution in [0.15, 0.2) is 78.0 Å². The predicted octanol–water partition coefficient (Wildman–Crippen LogP) is 5.32. The molecule has 3 aromatic carbocycles. The Morgan fingerprint density at radius 2 is 1.67 bits per heavy atom. The molecule has 4 rings (SSSR count). The van der Waals surface area contributed by atoms with Crippen molar-refractivity contribution >= 4 is 17.7 Å². The number of nitrogens with zero attached hydrogens (tertiary/aromatic N) is 3. The summed E-state index contributed by atoms with van der Waals surface area (Å²) in [5, 5.41) is 11.7. The number of carbonyl (C=O) groups excluding carboxylic acids is 1. The number of aromatic nitrogens is 3. The van der Waals surface area contributed by atoms with Crippen LogP contribution in [-0.2, 0) is 4.79 Å². The van der Waals surface area contributed by atoms with E-state index >= 15 is 0 Å². The van der Waals surface area contributed by atoms with Gasteiger partial charge in [-0.25, -0.2) is 13.2 Å². The molecule has 0 radical (unpaired) electrons. The zero-order valence-electron chi connectivity index (χ0n) is 17.5. The van der Waals surface area contributed by atoms with Gasteiger partial charge in [-0.1, -0.05) is 36.0 Å². The first kappa shape index (κ1) is 22.6. The van der Waals surface area contributed by atoms with Gasteiger partial charge in [0.25, 0.3) is 0 Å². The maximum atomic E-state index is 14.0. The molecule has 0 aliphatic rings. The van der Waals surface area contributed by atoms with Crippen LogP contribution in [0.25, 0.3) is 17.1 Å². The highest BCUT2D eigenvalue weighted by molar-refractivity contribution is 7.99. The molecule has 1 atom stereocenters. The molecular formula is C24H19F3N4OS. The van der Waals surface area contributed by atoms with Crippen molar-refractivity contribution in [1.82, 2.24) is 20.1 Å². The van der Waals surface area contributed by atoms with Crippen molar-refractivity contribution in [2.75, 3.05) is 5.75 Å². The van der Waals surface area contributed by atoms with Crippen LogP contribution in [0, 0.1) is 17.5 Å². The van der Waals surface area contributed by atoms with Gasteiger partial charge in [0.05, 0.1) is 11.8 Å². The normalized spacial score (nSPS) is 11.9. The van der Waals surface area contributed by atoms with Gasteiger partial charge in [0.15, 0.2) is 11.0 Å². The van der Waals surface area contributed by atoms with Crippen molar-refractivity contribution < 1.29 is 18.0 Å². The van der Waals surface area contributed by atoms with E-state index in [1.807, 2.05) is 30.3 Å². The molecule has 0 saturated heterocycles. The lowest BCUT2D eigenvalue weighted by atomic mass is 10.1. The number of para-hydroxylation sites is 1. The SMILES string of the molecule is CC(NC(=O)CSc1nnc(-c2ccc(F)cc2)n1-c1ccccc1)c1ccc(F)cc1F. The van der Waals surface area contributed by atoms with Crippen molar-refractivity contribution in [2.45, 2.75) is 18.1 Å². The van der Waals surface area contributed by atoms with E-state index in [9.17, 15) is 18.0 Å². The van der Waals surface area contributed by atoms with Gasteiger partial charge in [0.2, 0.25) is 5.91 Å². The Labute approximate surface area is 192 Å². The number of hydrogen-bond acceptors (Lipinski definition) is 4. The number of rotatable bonds is 7. The number of carbonyl (C=O) groups is 1. The third-order valence-corrected chi connectivity index (χ3v) is 5.82. The summed E-state index contributed by atoms with van der Waals surface area (Å²) in [6.45, 7) is 1.62. The van der Waals surface area contributed by atoms with Crippen LogP contribution in [0.3, 0.4) is 0 Å². The second kappa shape index (κ2) is 9.91. The van der Waals surface area contributed by atoms with E-state index in [2.05, 4.69) is 15.5 Å². The minimum absolute atomic E-state index is 0.00153. The average Bonchev–Trinajstić information content (AvgIpc) is 3.22. The molecule has 1 N–H and O–H groups in total. The fraction of sp³-hybridized carbons (Fsp3) is 0.125. The van der Waals surface area contributed by atoms with Gasteiger partial charge >= 0.3 is 0 Å².